The van der Waals surface area contributed by atoms with Crippen molar-refractivity contribution in [2.24, 2.45) is 0 Å². The zero-order valence-electron chi connectivity index (χ0n) is 9.78. The number of benzene rings is 3. The molecule has 0 unspecified atom stereocenters. The third kappa shape index (κ3) is 1.60. The lowest BCUT2D eigenvalue weighted by Crippen LogP contribution is -1.75. The second-order valence-electron chi connectivity index (χ2n) is 4.52. The Kier molecular flexibility index (Phi) is 2.38. The van der Waals surface area contributed by atoms with Gasteiger partial charge in [0.1, 0.15) is 5.58 Å². The molecule has 0 saturated heterocycles. The van der Waals surface area contributed by atoms with Gasteiger partial charge in [0.15, 0.2) is 5.58 Å². The first-order valence-corrected chi connectivity index (χ1v) is 7.10. The fourth-order valence-electron chi connectivity index (χ4n) is 2.56. The molecule has 0 radical (unpaired) electrons. The maximum Gasteiger partial charge on any atom is 0.154 e. The third-order valence-electron chi connectivity index (χ3n) is 3.39. The Morgan fingerprint density at radius 3 is 2.74 bits per heavy atom. The van der Waals surface area contributed by atoms with Crippen LogP contribution in [0.25, 0.3) is 32.7 Å². The Bertz CT molecular complexity index is 940. The van der Waals surface area contributed by atoms with Crippen LogP contribution in [0.5, 0.6) is 0 Å². The van der Waals surface area contributed by atoms with E-state index in [2.05, 4.69) is 40.2 Å². The zero-order valence-corrected chi connectivity index (χ0v) is 12.1. The van der Waals surface area contributed by atoms with Crippen molar-refractivity contribution >= 4 is 60.2 Å². The normalized spacial score (nSPS) is 11.7. The van der Waals surface area contributed by atoms with Crippen LogP contribution in [-0.4, -0.2) is 0 Å². The molecule has 0 amide bonds. The van der Waals surface area contributed by atoms with Gasteiger partial charge in [0.05, 0.1) is 5.02 Å². The van der Waals surface area contributed by atoms with E-state index in [4.69, 9.17) is 16.0 Å². The summed E-state index contributed by atoms with van der Waals surface area (Å²) in [6.45, 7) is 0. The van der Waals surface area contributed by atoms with Gasteiger partial charge >= 0.3 is 0 Å². The first-order valence-electron chi connectivity index (χ1n) is 5.93. The lowest BCUT2D eigenvalue weighted by Gasteiger charge is -2.00. The van der Waals surface area contributed by atoms with Crippen LogP contribution >= 0.6 is 27.5 Å². The van der Waals surface area contributed by atoms with Crippen molar-refractivity contribution in [2.45, 2.75) is 0 Å². The summed E-state index contributed by atoms with van der Waals surface area (Å²) >= 11 is 9.71. The summed E-state index contributed by atoms with van der Waals surface area (Å²) in [5.74, 6) is 0. The van der Waals surface area contributed by atoms with Crippen LogP contribution in [-0.2, 0) is 0 Å². The van der Waals surface area contributed by atoms with Crippen molar-refractivity contribution in [1.82, 2.24) is 0 Å². The minimum Gasteiger partial charge on any atom is -0.454 e. The Labute approximate surface area is 122 Å². The number of fused-ring (bicyclic) bond motifs is 5. The van der Waals surface area contributed by atoms with Crippen molar-refractivity contribution in [3.05, 3.63) is 58.0 Å². The van der Waals surface area contributed by atoms with E-state index in [1.54, 1.807) is 0 Å². The molecule has 3 aromatic carbocycles. The number of rotatable bonds is 0. The fourth-order valence-corrected chi connectivity index (χ4v) is 3.15. The van der Waals surface area contributed by atoms with Gasteiger partial charge in [0.25, 0.3) is 0 Å². The highest BCUT2D eigenvalue weighted by atomic mass is 79.9. The van der Waals surface area contributed by atoms with Gasteiger partial charge < -0.3 is 4.42 Å². The molecule has 0 aliphatic rings. The second kappa shape index (κ2) is 3.99. The molecule has 4 aromatic rings. The average molecular weight is 332 g/mol. The standard InChI is InChI=1S/C16H8BrClO/c17-10-5-6-11-9(8-10)4-7-14-15(11)12-2-1-3-13(18)16(12)19-14/h1-8H. The Hall–Kier alpha value is -1.51. The van der Waals surface area contributed by atoms with Crippen LogP contribution < -0.4 is 0 Å². The maximum absolute atomic E-state index is 6.20. The summed E-state index contributed by atoms with van der Waals surface area (Å²) in [6, 6.07) is 16.2. The molecule has 0 bridgehead atoms. The van der Waals surface area contributed by atoms with Gasteiger partial charge in [-0.1, -0.05) is 51.8 Å². The van der Waals surface area contributed by atoms with Gasteiger partial charge in [0, 0.05) is 15.2 Å². The van der Waals surface area contributed by atoms with Gasteiger partial charge in [-0.15, -0.1) is 0 Å². The van der Waals surface area contributed by atoms with E-state index in [0.717, 1.165) is 26.4 Å². The highest BCUT2D eigenvalue weighted by Gasteiger charge is 2.12. The van der Waals surface area contributed by atoms with Crippen molar-refractivity contribution in [3.63, 3.8) is 0 Å². The van der Waals surface area contributed by atoms with Gasteiger partial charge in [0.2, 0.25) is 0 Å². The van der Waals surface area contributed by atoms with E-state index in [1.807, 2.05) is 24.3 Å². The van der Waals surface area contributed by atoms with Crippen molar-refractivity contribution < 1.29 is 4.42 Å². The van der Waals surface area contributed by atoms with E-state index < -0.39 is 0 Å². The van der Waals surface area contributed by atoms with Crippen LogP contribution in [0, 0.1) is 0 Å². The monoisotopic (exact) mass is 330 g/mol. The molecule has 0 saturated carbocycles. The summed E-state index contributed by atoms with van der Waals surface area (Å²) in [7, 11) is 0. The number of hydrogen-bond acceptors (Lipinski definition) is 1. The molecule has 0 fully saturated rings. The number of hydrogen-bond donors (Lipinski definition) is 0. The third-order valence-corrected chi connectivity index (χ3v) is 4.18. The lowest BCUT2D eigenvalue weighted by atomic mass is 10.0. The SMILES string of the molecule is Clc1cccc2c1oc1ccc3cc(Br)ccc3c12. The summed E-state index contributed by atoms with van der Waals surface area (Å²) in [5, 5.41) is 5.21. The molecule has 0 atom stereocenters. The zero-order chi connectivity index (χ0) is 13.0. The van der Waals surface area contributed by atoms with E-state index >= 15 is 0 Å². The van der Waals surface area contributed by atoms with Crippen LogP contribution in [0.4, 0.5) is 0 Å². The molecule has 19 heavy (non-hydrogen) atoms. The predicted molar refractivity (Wildman–Crippen MR) is 83.9 cm³/mol. The first-order chi connectivity index (χ1) is 9.24. The van der Waals surface area contributed by atoms with Gasteiger partial charge in [-0.25, -0.2) is 0 Å². The van der Waals surface area contributed by atoms with Crippen LogP contribution in [0.2, 0.25) is 5.02 Å². The van der Waals surface area contributed by atoms with E-state index in [9.17, 15) is 0 Å². The molecule has 1 nitrogen and oxygen atoms in total. The summed E-state index contributed by atoms with van der Waals surface area (Å²) in [6.07, 6.45) is 0. The fraction of sp³-hybridized carbons (Fsp3) is 0. The summed E-state index contributed by atoms with van der Waals surface area (Å²) in [5.41, 5.74) is 1.63. The molecule has 0 aliphatic carbocycles. The smallest absolute Gasteiger partial charge is 0.154 e. The van der Waals surface area contributed by atoms with Crippen LogP contribution in [0.3, 0.4) is 0 Å². The largest absolute Gasteiger partial charge is 0.454 e. The quantitative estimate of drug-likeness (QED) is 0.376. The molecular weight excluding hydrogens is 324 g/mol. The highest BCUT2D eigenvalue weighted by Crippen LogP contribution is 2.37. The topological polar surface area (TPSA) is 13.1 Å². The minimum atomic E-state index is 0.652. The summed E-state index contributed by atoms with van der Waals surface area (Å²) in [4.78, 5) is 0. The van der Waals surface area contributed by atoms with Crippen LogP contribution in [0.1, 0.15) is 0 Å². The molecule has 0 aliphatic heterocycles. The summed E-state index contributed by atoms with van der Waals surface area (Å²) < 4.78 is 6.95. The molecule has 0 spiro atoms. The molecule has 1 aromatic heterocycles. The van der Waals surface area contributed by atoms with Crippen LogP contribution in [0.15, 0.2) is 57.4 Å². The molecule has 1 heterocycles. The van der Waals surface area contributed by atoms with Gasteiger partial charge in [-0.3, -0.25) is 0 Å². The molecule has 4 rings (SSSR count). The van der Waals surface area contributed by atoms with Crippen molar-refractivity contribution in [1.29, 1.82) is 0 Å². The first kappa shape index (κ1) is 11.3. The predicted octanol–water partition coefficient (Wildman–Crippen LogP) is 6.16. The number of furan rings is 1. The molecular formula is C16H8BrClO. The molecule has 3 heteroatoms. The van der Waals surface area contributed by atoms with E-state index in [0.29, 0.717) is 5.02 Å². The van der Waals surface area contributed by atoms with E-state index in [1.165, 1.54) is 10.8 Å². The number of halogens is 2. The van der Waals surface area contributed by atoms with Gasteiger partial charge in [-0.2, -0.15) is 0 Å². The Morgan fingerprint density at radius 1 is 0.947 bits per heavy atom. The van der Waals surface area contributed by atoms with Crippen molar-refractivity contribution in [2.75, 3.05) is 0 Å². The maximum atomic E-state index is 6.20. The average Bonchev–Trinajstić information content (AvgIpc) is 2.79. The lowest BCUT2D eigenvalue weighted by molar-refractivity contribution is 0.669. The van der Waals surface area contributed by atoms with E-state index in [-0.39, 0.29) is 0 Å². The molecule has 0 N–H and O–H groups in total. The highest BCUT2D eigenvalue weighted by molar-refractivity contribution is 9.10. The Morgan fingerprint density at radius 2 is 1.84 bits per heavy atom. The minimum absolute atomic E-state index is 0.652. The van der Waals surface area contributed by atoms with Gasteiger partial charge in [-0.05, 0) is 35.0 Å². The second-order valence-corrected chi connectivity index (χ2v) is 5.85. The Balaban J connectivity index is 2.32. The van der Waals surface area contributed by atoms with Crippen molar-refractivity contribution in [3.8, 4) is 0 Å². The number of para-hydroxylation sites is 1. The molecule has 92 valence electrons.